The Morgan fingerprint density at radius 1 is 1.05 bits per heavy atom. The van der Waals surface area contributed by atoms with E-state index in [-0.39, 0.29) is 42.6 Å². The molecular weight excluding hydrogens is 527 g/mol. The SMILES string of the molecule is CC1(C)C2CCC(CN(Cc3ccc(C(=O)NCCC(=O)O)cc3)C(=O)Nc3ccc(OC(F)(F)F)cc3)C1C2. The van der Waals surface area contributed by atoms with Crippen LogP contribution < -0.4 is 15.4 Å². The van der Waals surface area contributed by atoms with E-state index in [9.17, 15) is 27.6 Å². The van der Waals surface area contributed by atoms with Gasteiger partial charge >= 0.3 is 18.4 Å². The van der Waals surface area contributed by atoms with Gasteiger partial charge in [0.1, 0.15) is 5.75 Å². The lowest BCUT2D eigenvalue weighted by Gasteiger charge is -2.60. The van der Waals surface area contributed by atoms with Crippen LogP contribution in [-0.2, 0) is 11.3 Å². The number of alkyl halides is 3. The third kappa shape index (κ3) is 7.25. The van der Waals surface area contributed by atoms with Gasteiger partial charge < -0.3 is 25.4 Å². The number of rotatable bonds is 10. The van der Waals surface area contributed by atoms with Gasteiger partial charge in [-0.25, -0.2) is 4.79 Å². The summed E-state index contributed by atoms with van der Waals surface area (Å²) in [5.41, 5.74) is 1.74. The number of nitrogens with zero attached hydrogens (tertiary/aromatic N) is 1. The van der Waals surface area contributed by atoms with Crippen molar-refractivity contribution in [1.29, 1.82) is 0 Å². The van der Waals surface area contributed by atoms with Crippen LogP contribution in [0.25, 0.3) is 0 Å². The summed E-state index contributed by atoms with van der Waals surface area (Å²) in [4.78, 5) is 38.1. The number of carboxylic acids is 1. The molecule has 0 saturated heterocycles. The monoisotopic (exact) mass is 561 g/mol. The molecule has 3 amide bonds. The zero-order valence-electron chi connectivity index (χ0n) is 22.5. The number of anilines is 1. The average molecular weight is 562 g/mol. The van der Waals surface area contributed by atoms with Crippen molar-refractivity contribution in [1.82, 2.24) is 10.2 Å². The predicted octanol–water partition coefficient (Wildman–Crippen LogP) is 5.90. The highest BCUT2D eigenvalue weighted by Crippen LogP contribution is 2.61. The highest BCUT2D eigenvalue weighted by molar-refractivity contribution is 5.94. The Hall–Kier alpha value is -3.76. The molecular formula is C29H34F3N3O5. The van der Waals surface area contributed by atoms with Gasteiger partial charge in [-0.05, 0) is 84.4 Å². The van der Waals surface area contributed by atoms with Gasteiger partial charge in [0.2, 0.25) is 0 Å². The number of halogens is 3. The van der Waals surface area contributed by atoms with E-state index in [1.807, 2.05) is 0 Å². The number of carbonyl (C=O) groups is 3. The Morgan fingerprint density at radius 2 is 1.73 bits per heavy atom. The number of ether oxygens (including phenoxy) is 1. The summed E-state index contributed by atoms with van der Waals surface area (Å²) in [6.45, 7) is 5.39. The lowest BCUT2D eigenvalue weighted by Crippen LogP contribution is -2.55. The van der Waals surface area contributed by atoms with Crippen LogP contribution in [0.4, 0.5) is 23.7 Å². The fourth-order valence-corrected chi connectivity index (χ4v) is 5.99. The number of hydrogen-bond acceptors (Lipinski definition) is 4. The quantitative estimate of drug-likeness (QED) is 0.335. The molecule has 2 bridgehead atoms. The van der Waals surface area contributed by atoms with Crippen molar-refractivity contribution in [2.75, 3.05) is 18.4 Å². The van der Waals surface area contributed by atoms with E-state index >= 15 is 0 Å². The summed E-state index contributed by atoms with van der Waals surface area (Å²) < 4.78 is 41.4. The second-order valence-corrected chi connectivity index (χ2v) is 11.2. The first kappa shape index (κ1) is 29.2. The van der Waals surface area contributed by atoms with E-state index in [2.05, 4.69) is 29.2 Å². The molecule has 0 spiro atoms. The maximum Gasteiger partial charge on any atom is 0.573 e. The number of fused-ring (bicyclic) bond motifs is 2. The molecule has 11 heteroatoms. The Bertz CT molecular complexity index is 1210. The molecule has 216 valence electrons. The van der Waals surface area contributed by atoms with E-state index in [0.717, 1.165) is 37.0 Å². The molecule has 0 heterocycles. The zero-order valence-corrected chi connectivity index (χ0v) is 22.5. The molecule has 40 heavy (non-hydrogen) atoms. The zero-order chi connectivity index (χ0) is 29.1. The van der Waals surface area contributed by atoms with Crippen molar-refractivity contribution in [2.45, 2.75) is 52.4 Å². The van der Waals surface area contributed by atoms with Gasteiger partial charge in [0.25, 0.3) is 5.91 Å². The fraction of sp³-hybridized carbons (Fsp3) is 0.483. The summed E-state index contributed by atoms with van der Waals surface area (Å²) in [6, 6.07) is 11.4. The normalized spacial score (nSPS) is 21.1. The minimum absolute atomic E-state index is 0.0208. The molecule has 2 aromatic rings. The number of aliphatic carboxylic acids is 1. The lowest BCUT2D eigenvalue weighted by atomic mass is 9.45. The minimum atomic E-state index is -4.80. The minimum Gasteiger partial charge on any atom is -0.481 e. The first-order chi connectivity index (χ1) is 18.8. The Labute approximate surface area is 230 Å². The molecule has 3 fully saturated rings. The van der Waals surface area contributed by atoms with Crippen molar-refractivity contribution in [2.24, 2.45) is 23.2 Å². The van der Waals surface area contributed by atoms with Crippen LogP contribution in [0.2, 0.25) is 0 Å². The Kier molecular flexibility index (Phi) is 8.60. The molecule has 3 aliphatic rings. The number of benzene rings is 2. The number of amides is 3. The van der Waals surface area contributed by atoms with Gasteiger partial charge in [-0.3, -0.25) is 9.59 Å². The van der Waals surface area contributed by atoms with Crippen LogP contribution in [-0.4, -0.2) is 47.4 Å². The maximum absolute atomic E-state index is 13.4. The van der Waals surface area contributed by atoms with Crippen molar-refractivity contribution < 1.29 is 37.4 Å². The standard InChI is InChI=1S/C29H34F3N3O5/c1-28(2)21-8-7-20(24(28)15-21)17-35(27(39)34-22-9-11-23(12-10-22)40-29(30,31)32)16-18-3-5-19(6-4-18)26(38)33-14-13-25(36)37/h3-6,9-12,20-21,24H,7-8,13-17H2,1-2H3,(H,33,38)(H,34,39)(H,36,37). The number of carboxylic acid groups (broad SMARTS) is 1. The lowest BCUT2D eigenvalue weighted by molar-refractivity contribution is -0.274. The fourth-order valence-electron chi connectivity index (χ4n) is 5.99. The highest BCUT2D eigenvalue weighted by Gasteiger charge is 2.54. The summed E-state index contributed by atoms with van der Waals surface area (Å²) in [5.74, 6) is -0.214. The number of nitrogens with one attached hydrogen (secondary N) is 2. The smallest absolute Gasteiger partial charge is 0.481 e. The largest absolute Gasteiger partial charge is 0.573 e. The van der Waals surface area contributed by atoms with Crippen LogP contribution in [0.3, 0.4) is 0 Å². The van der Waals surface area contributed by atoms with Crippen LogP contribution in [0, 0.1) is 23.2 Å². The molecule has 8 nitrogen and oxygen atoms in total. The molecule has 3 saturated carbocycles. The summed E-state index contributed by atoms with van der Waals surface area (Å²) >= 11 is 0. The first-order valence-corrected chi connectivity index (χ1v) is 13.3. The van der Waals surface area contributed by atoms with Gasteiger partial charge in [0, 0.05) is 30.9 Å². The molecule has 0 radical (unpaired) electrons. The van der Waals surface area contributed by atoms with E-state index in [0.29, 0.717) is 35.5 Å². The van der Waals surface area contributed by atoms with E-state index in [1.165, 1.54) is 12.1 Å². The van der Waals surface area contributed by atoms with E-state index in [1.54, 1.807) is 29.2 Å². The molecule has 2 aromatic carbocycles. The Balaban J connectivity index is 1.45. The van der Waals surface area contributed by atoms with Crippen LogP contribution in [0.15, 0.2) is 48.5 Å². The maximum atomic E-state index is 13.4. The van der Waals surface area contributed by atoms with Crippen LogP contribution in [0.5, 0.6) is 5.75 Å². The molecule has 3 atom stereocenters. The van der Waals surface area contributed by atoms with Crippen molar-refractivity contribution in [3.05, 3.63) is 59.7 Å². The van der Waals surface area contributed by atoms with Crippen molar-refractivity contribution >= 4 is 23.6 Å². The second kappa shape index (κ2) is 11.8. The molecule has 5 rings (SSSR count). The van der Waals surface area contributed by atoms with Gasteiger partial charge in [0.15, 0.2) is 0 Å². The molecule has 0 aliphatic heterocycles. The van der Waals surface area contributed by atoms with Gasteiger partial charge in [0.05, 0.1) is 6.42 Å². The number of carbonyl (C=O) groups excluding carboxylic acids is 2. The van der Waals surface area contributed by atoms with E-state index in [4.69, 9.17) is 5.11 Å². The topological polar surface area (TPSA) is 108 Å². The number of hydrogen-bond donors (Lipinski definition) is 3. The Morgan fingerprint density at radius 3 is 2.30 bits per heavy atom. The highest BCUT2D eigenvalue weighted by atomic mass is 19.4. The molecule has 3 unspecified atom stereocenters. The molecule has 3 N–H and O–H groups in total. The van der Waals surface area contributed by atoms with Crippen molar-refractivity contribution in [3.8, 4) is 5.75 Å². The van der Waals surface area contributed by atoms with E-state index < -0.39 is 12.3 Å². The first-order valence-electron chi connectivity index (χ1n) is 13.3. The summed E-state index contributed by atoms with van der Waals surface area (Å²) in [6.07, 6.45) is -1.67. The van der Waals surface area contributed by atoms with Crippen LogP contribution in [0.1, 0.15) is 55.5 Å². The van der Waals surface area contributed by atoms with Gasteiger partial charge in [-0.15, -0.1) is 13.2 Å². The van der Waals surface area contributed by atoms with Gasteiger partial charge in [-0.2, -0.15) is 0 Å². The molecule has 3 aliphatic carbocycles. The van der Waals surface area contributed by atoms with Crippen LogP contribution >= 0.6 is 0 Å². The summed E-state index contributed by atoms with van der Waals surface area (Å²) in [5, 5.41) is 14.1. The summed E-state index contributed by atoms with van der Waals surface area (Å²) in [7, 11) is 0. The van der Waals surface area contributed by atoms with Crippen molar-refractivity contribution in [3.63, 3.8) is 0 Å². The predicted molar refractivity (Wildman–Crippen MR) is 142 cm³/mol. The third-order valence-corrected chi connectivity index (χ3v) is 8.30. The second-order valence-electron chi connectivity index (χ2n) is 11.2. The third-order valence-electron chi connectivity index (χ3n) is 8.30. The van der Waals surface area contributed by atoms with Gasteiger partial charge in [-0.1, -0.05) is 26.0 Å². The average Bonchev–Trinajstić information content (AvgIpc) is 2.88. The number of urea groups is 1. The molecule has 0 aromatic heterocycles.